The van der Waals surface area contributed by atoms with Crippen LogP contribution in [0.1, 0.15) is 0 Å². The number of alkyl halides is 3. The Morgan fingerprint density at radius 2 is 1.73 bits per heavy atom. The van der Waals surface area contributed by atoms with Crippen LogP contribution in [0.15, 0.2) is 0 Å². The van der Waals surface area contributed by atoms with Crippen molar-refractivity contribution in [3.05, 3.63) is 0 Å². The predicted octanol–water partition coefficient (Wildman–Crippen LogP) is -0.467. The molecule has 4 nitrogen and oxygen atoms in total. The lowest BCUT2D eigenvalue weighted by Crippen LogP contribution is -2.37. The van der Waals surface area contributed by atoms with Crippen LogP contribution < -0.4 is 0 Å². The number of carbonyl (C=O) groups is 1. The van der Waals surface area contributed by atoms with Gasteiger partial charge in [-0.3, -0.25) is 4.79 Å². The highest BCUT2D eigenvalue weighted by atomic mass is 32.2. The molecule has 0 unspecified atom stereocenters. The molecule has 0 N–H and O–H groups in total. The number of thiol groups is 1. The summed E-state index contributed by atoms with van der Waals surface area (Å²) in [4.78, 5) is 10.0. The van der Waals surface area contributed by atoms with Crippen molar-refractivity contribution in [2.75, 3.05) is 7.05 Å². The zero-order valence-corrected chi connectivity index (χ0v) is 6.15. The topological polar surface area (TPSA) is 54.5 Å². The van der Waals surface area contributed by atoms with Gasteiger partial charge >= 0.3 is 12.1 Å². The maximum Gasteiger partial charge on any atom is 0.472 e. The second-order valence-electron chi connectivity index (χ2n) is 1.56. The summed E-state index contributed by atoms with van der Waals surface area (Å²) < 4.78 is 53.5. The summed E-state index contributed by atoms with van der Waals surface area (Å²) in [5.74, 6) is -2.39. The maximum atomic E-state index is 11.4. The van der Waals surface area contributed by atoms with Crippen LogP contribution in [0, 0.1) is 0 Å². The van der Waals surface area contributed by atoms with Crippen molar-refractivity contribution in [3.8, 4) is 0 Å². The van der Waals surface area contributed by atoms with Gasteiger partial charge in [-0.15, -0.1) is 0 Å². The van der Waals surface area contributed by atoms with Gasteiger partial charge in [-0.25, -0.2) is 12.7 Å². The summed E-state index contributed by atoms with van der Waals surface area (Å²) in [7, 11) is -2.97. The van der Waals surface area contributed by atoms with E-state index in [1.165, 1.54) is 0 Å². The van der Waals surface area contributed by atoms with Crippen molar-refractivity contribution in [2.45, 2.75) is 6.18 Å². The third-order valence-electron chi connectivity index (χ3n) is 0.781. The average Bonchev–Trinajstić information content (AvgIpc) is 1.82. The molecule has 0 fully saturated rings. The molecular formula is C3H4F3NO3S. The van der Waals surface area contributed by atoms with Crippen LogP contribution in [-0.4, -0.2) is 31.9 Å². The molecule has 0 spiro atoms. The van der Waals surface area contributed by atoms with Crippen LogP contribution >= 0.6 is 0 Å². The van der Waals surface area contributed by atoms with E-state index in [-0.39, 0.29) is 0 Å². The molecule has 11 heavy (non-hydrogen) atoms. The van der Waals surface area contributed by atoms with E-state index in [0.717, 1.165) is 0 Å². The van der Waals surface area contributed by atoms with Gasteiger partial charge in [-0.2, -0.15) is 13.2 Å². The lowest BCUT2D eigenvalue weighted by Gasteiger charge is -2.10. The van der Waals surface area contributed by atoms with Crippen molar-refractivity contribution in [1.29, 1.82) is 0 Å². The van der Waals surface area contributed by atoms with Gasteiger partial charge in [0.05, 0.1) is 0 Å². The number of amides is 1. The molecule has 0 aromatic heterocycles. The smallest absolute Gasteiger partial charge is 0.263 e. The molecule has 0 saturated carbocycles. The van der Waals surface area contributed by atoms with Crippen LogP contribution in [0.2, 0.25) is 0 Å². The van der Waals surface area contributed by atoms with Crippen molar-refractivity contribution in [3.63, 3.8) is 0 Å². The average molecular weight is 191 g/mol. The first-order valence-electron chi connectivity index (χ1n) is 2.26. The standard InChI is InChI=1S/C3H4F3NO3S/c1-7(11(9)10)2(8)3(4,5)6/h11H,1H3. The molecule has 1 amide bonds. The SMILES string of the molecule is CN(C(=O)C(F)(F)F)[SH](=O)=O. The molecule has 0 rings (SSSR count). The predicted molar refractivity (Wildman–Crippen MR) is 29.1 cm³/mol. The molecule has 0 heterocycles. The highest BCUT2D eigenvalue weighted by Gasteiger charge is 2.42. The highest BCUT2D eigenvalue weighted by molar-refractivity contribution is 7.70. The number of carbonyl (C=O) groups excluding carboxylic acids is 1. The molecule has 0 aliphatic carbocycles. The van der Waals surface area contributed by atoms with Crippen LogP contribution in [-0.2, 0) is 15.7 Å². The van der Waals surface area contributed by atoms with Crippen molar-refractivity contribution in [2.24, 2.45) is 0 Å². The van der Waals surface area contributed by atoms with Crippen LogP contribution in [0.25, 0.3) is 0 Å². The first-order valence-corrected chi connectivity index (χ1v) is 3.39. The Morgan fingerprint density at radius 1 is 1.36 bits per heavy atom. The third-order valence-corrected chi connectivity index (χ3v) is 1.45. The van der Waals surface area contributed by atoms with E-state index >= 15 is 0 Å². The monoisotopic (exact) mass is 191 g/mol. The lowest BCUT2D eigenvalue weighted by atomic mass is 10.6. The third kappa shape index (κ3) is 2.74. The molecule has 0 radical (unpaired) electrons. The Bertz CT molecular complexity index is 224. The van der Waals surface area contributed by atoms with E-state index in [4.69, 9.17) is 0 Å². The number of nitrogens with zero attached hydrogens (tertiary/aromatic N) is 1. The molecule has 0 aliphatic heterocycles. The second kappa shape index (κ2) is 3.07. The molecule has 0 aromatic carbocycles. The molecule has 8 heteroatoms. The van der Waals surface area contributed by atoms with Crippen molar-refractivity contribution in [1.82, 2.24) is 4.31 Å². The molecule has 0 bridgehead atoms. The zero-order chi connectivity index (χ0) is 9.23. The Hall–Kier alpha value is -0.790. The summed E-state index contributed by atoms with van der Waals surface area (Å²) >= 11 is 0. The molecule has 0 aromatic rings. The fourth-order valence-corrected chi connectivity index (χ4v) is 0.519. The van der Waals surface area contributed by atoms with Gasteiger partial charge in [-0.05, 0) is 0 Å². The fourth-order valence-electron chi connectivity index (χ4n) is 0.258. The van der Waals surface area contributed by atoms with E-state index in [1.807, 2.05) is 0 Å². The van der Waals surface area contributed by atoms with Crippen LogP contribution in [0.3, 0.4) is 0 Å². The van der Waals surface area contributed by atoms with Crippen LogP contribution in [0.4, 0.5) is 13.2 Å². The molecule has 0 aliphatic rings. The second-order valence-corrected chi connectivity index (χ2v) is 2.64. The minimum atomic E-state index is -5.13. The number of hydrogen-bond acceptors (Lipinski definition) is 3. The molecule has 66 valence electrons. The lowest BCUT2D eigenvalue weighted by molar-refractivity contribution is -0.179. The summed E-state index contributed by atoms with van der Waals surface area (Å²) in [6.07, 6.45) is -5.13. The van der Waals surface area contributed by atoms with E-state index in [9.17, 15) is 26.4 Å². The van der Waals surface area contributed by atoms with Gasteiger partial charge in [0, 0.05) is 7.05 Å². The van der Waals surface area contributed by atoms with Crippen LogP contribution in [0.5, 0.6) is 0 Å². The van der Waals surface area contributed by atoms with Gasteiger partial charge in [0.15, 0.2) is 0 Å². The molecule has 0 saturated heterocycles. The van der Waals surface area contributed by atoms with Gasteiger partial charge in [0.2, 0.25) is 10.9 Å². The quantitative estimate of drug-likeness (QED) is 0.570. The Balaban J connectivity index is 4.52. The maximum absolute atomic E-state index is 11.4. The fraction of sp³-hybridized carbons (Fsp3) is 0.667. The zero-order valence-electron chi connectivity index (χ0n) is 5.25. The largest absolute Gasteiger partial charge is 0.472 e. The Morgan fingerprint density at radius 3 is 1.82 bits per heavy atom. The number of halogens is 3. The van der Waals surface area contributed by atoms with Gasteiger partial charge in [-0.1, -0.05) is 0 Å². The number of rotatable bonds is 1. The van der Waals surface area contributed by atoms with E-state index in [2.05, 4.69) is 0 Å². The number of hydrogen-bond donors (Lipinski definition) is 1. The first-order chi connectivity index (χ1) is 4.76. The van der Waals surface area contributed by atoms with E-state index in [0.29, 0.717) is 7.05 Å². The minimum absolute atomic E-state index is 0.394. The van der Waals surface area contributed by atoms with Gasteiger partial charge in [0.25, 0.3) is 0 Å². The summed E-state index contributed by atoms with van der Waals surface area (Å²) in [6, 6.07) is 0. The normalized spacial score (nSPS) is 11.7. The van der Waals surface area contributed by atoms with Crippen molar-refractivity contribution >= 4 is 16.8 Å². The van der Waals surface area contributed by atoms with E-state index in [1.54, 1.807) is 0 Å². The summed E-state index contributed by atoms with van der Waals surface area (Å²) in [5.41, 5.74) is 0. The summed E-state index contributed by atoms with van der Waals surface area (Å²) in [5, 5.41) is 0. The van der Waals surface area contributed by atoms with E-state index < -0.39 is 27.3 Å². The minimum Gasteiger partial charge on any atom is -0.263 e. The Kier molecular flexibility index (Phi) is 2.85. The Labute approximate surface area is 61.7 Å². The highest BCUT2D eigenvalue weighted by Crippen LogP contribution is 2.17. The van der Waals surface area contributed by atoms with Crippen molar-refractivity contribution < 1.29 is 26.4 Å². The van der Waals surface area contributed by atoms with Gasteiger partial charge < -0.3 is 0 Å². The molecule has 0 atom stereocenters. The molecular weight excluding hydrogens is 187 g/mol. The first kappa shape index (κ1) is 10.2. The van der Waals surface area contributed by atoms with Gasteiger partial charge in [0.1, 0.15) is 0 Å². The summed E-state index contributed by atoms with van der Waals surface area (Å²) in [6.45, 7) is 0.